The quantitative estimate of drug-likeness (QED) is 0.661. The minimum atomic E-state index is -4.94. The molecule has 0 fully saturated rings. The molecule has 2 aromatic heterocycles. The number of halogens is 4. The van der Waals surface area contributed by atoms with Crippen LogP contribution in [0, 0.1) is 5.82 Å². The average Bonchev–Trinajstić information content (AvgIpc) is 2.47. The van der Waals surface area contributed by atoms with E-state index in [4.69, 9.17) is 0 Å². The molecule has 0 saturated carbocycles. The number of hydrogen-bond acceptors (Lipinski definition) is 3. The van der Waals surface area contributed by atoms with Gasteiger partial charge in [-0.1, -0.05) is 0 Å². The molecule has 0 amide bonds. The Labute approximate surface area is 122 Å². The molecule has 3 aromatic rings. The van der Waals surface area contributed by atoms with Crippen LogP contribution in [0.3, 0.4) is 0 Å². The molecule has 2 heterocycles. The van der Waals surface area contributed by atoms with Gasteiger partial charge in [0.05, 0.1) is 11.2 Å². The zero-order valence-corrected chi connectivity index (χ0v) is 10.9. The molecule has 0 aliphatic rings. The maximum Gasteiger partial charge on any atom is 0.573 e. The lowest BCUT2D eigenvalue weighted by Crippen LogP contribution is -2.17. The van der Waals surface area contributed by atoms with E-state index in [1.165, 1.54) is 6.07 Å². The summed E-state index contributed by atoms with van der Waals surface area (Å²) in [5, 5.41) is 0.809. The minimum absolute atomic E-state index is 0.333. The standard InChI is InChI=1S/C15H8F4N2O/c16-11-6-9(3-4-14(11)22-15(17,18)19)12-7-13-10(8-21-12)2-1-5-20-13/h1-8H. The highest BCUT2D eigenvalue weighted by atomic mass is 19.4. The summed E-state index contributed by atoms with van der Waals surface area (Å²) >= 11 is 0. The van der Waals surface area contributed by atoms with E-state index in [0.29, 0.717) is 16.8 Å². The molecule has 0 spiro atoms. The van der Waals surface area contributed by atoms with E-state index in [1.54, 1.807) is 24.5 Å². The van der Waals surface area contributed by atoms with Crippen molar-refractivity contribution in [3.63, 3.8) is 0 Å². The Bertz CT molecular complexity index is 833. The van der Waals surface area contributed by atoms with E-state index in [1.807, 2.05) is 6.07 Å². The van der Waals surface area contributed by atoms with Gasteiger partial charge in [-0.25, -0.2) is 4.39 Å². The summed E-state index contributed by atoms with van der Waals surface area (Å²) in [7, 11) is 0. The predicted molar refractivity (Wildman–Crippen MR) is 71.6 cm³/mol. The molecule has 1 aromatic carbocycles. The first kappa shape index (κ1) is 14.2. The molecule has 0 unspecified atom stereocenters. The Balaban J connectivity index is 1.98. The first-order valence-electron chi connectivity index (χ1n) is 6.19. The Hall–Kier alpha value is -2.70. The molecule has 22 heavy (non-hydrogen) atoms. The normalized spacial score (nSPS) is 11.6. The lowest BCUT2D eigenvalue weighted by molar-refractivity contribution is -0.275. The highest BCUT2D eigenvalue weighted by Crippen LogP contribution is 2.29. The number of benzene rings is 1. The van der Waals surface area contributed by atoms with Crippen LogP contribution >= 0.6 is 0 Å². The fourth-order valence-corrected chi connectivity index (χ4v) is 1.99. The second-order valence-electron chi connectivity index (χ2n) is 4.46. The van der Waals surface area contributed by atoms with E-state index in [0.717, 1.165) is 17.5 Å². The number of rotatable bonds is 2. The third kappa shape index (κ3) is 2.98. The summed E-state index contributed by atoms with van der Waals surface area (Å²) in [5.41, 5.74) is 1.40. The first-order valence-corrected chi connectivity index (χ1v) is 6.19. The van der Waals surface area contributed by atoms with Crippen LogP contribution in [-0.4, -0.2) is 16.3 Å². The third-order valence-corrected chi connectivity index (χ3v) is 2.94. The van der Waals surface area contributed by atoms with Crippen LogP contribution in [-0.2, 0) is 0 Å². The number of nitrogens with zero attached hydrogens (tertiary/aromatic N) is 2. The number of hydrogen-bond donors (Lipinski definition) is 0. The summed E-state index contributed by atoms with van der Waals surface area (Å²) < 4.78 is 53.6. The predicted octanol–water partition coefficient (Wildman–Crippen LogP) is 4.33. The number of alkyl halides is 3. The van der Waals surface area contributed by atoms with Crippen LogP contribution < -0.4 is 4.74 Å². The van der Waals surface area contributed by atoms with Gasteiger partial charge in [0, 0.05) is 23.3 Å². The van der Waals surface area contributed by atoms with Crippen LogP contribution in [0.4, 0.5) is 17.6 Å². The molecule has 7 heteroatoms. The fourth-order valence-electron chi connectivity index (χ4n) is 1.99. The van der Waals surface area contributed by atoms with Gasteiger partial charge in [-0.05, 0) is 36.4 Å². The first-order chi connectivity index (χ1) is 10.4. The lowest BCUT2D eigenvalue weighted by Gasteiger charge is -2.10. The molecule has 0 aliphatic carbocycles. The zero-order valence-electron chi connectivity index (χ0n) is 10.9. The van der Waals surface area contributed by atoms with Gasteiger partial charge in [-0.3, -0.25) is 9.97 Å². The SMILES string of the molecule is Fc1cc(-c2cc3ncccc3cn2)ccc1OC(F)(F)F. The van der Waals surface area contributed by atoms with Crippen LogP contribution in [0.1, 0.15) is 0 Å². The van der Waals surface area contributed by atoms with Gasteiger partial charge >= 0.3 is 6.36 Å². The summed E-state index contributed by atoms with van der Waals surface area (Å²) in [5.74, 6) is -1.99. The molecular weight excluding hydrogens is 300 g/mol. The van der Waals surface area contributed by atoms with Gasteiger partial charge in [-0.2, -0.15) is 0 Å². The number of aromatic nitrogens is 2. The molecule has 3 rings (SSSR count). The zero-order chi connectivity index (χ0) is 15.7. The van der Waals surface area contributed by atoms with Crippen LogP contribution in [0.2, 0.25) is 0 Å². The second kappa shape index (κ2) is 5.25. The summed E-state index contributed by atoms with van der Waals surface area (Å²) in [6, 6.07) is 8.38. The molecule has 0 aliphatic heterocycles. The fraction of sp³-hybridized carbons (Fsp3) is 0.0667. The van der Waals surface area contributed by atoms with Crippen molar-refractivity contribution >= 4 is 10.9 Å². The monoisotopic (exact) mass is 308 g/mol. The van der Waals surface area contributed by atoms with Gasteiger partial charge in [-0.15, -0.1) is 13.2 Å². The Morgan fingerprint density at radius 1 is 1.00 bits per heavy atom. The smallest absolute Gasteiger partial charge is 0.403 e. The Kier molecular flexibility index (Phi) is 3.40. The van der Waals surface area contributed by atoms with Crippen molar-refractivity contribution in [3.8, 4) is 17.0 Å². The van der Waals surface area contributed by atoms with Crippen molar-refractivity contribution in [2.75, 3.05) is 0 Å². The number of fused-ring (bicyclic) bond motifs is 1. The summed E-state index contributed by atoms with van der Waals surface area (Å²) in [6.45, 7) is 0. The topological polar surface area (TPSA) is 35.0 Å². The van der Waals surface area contributed by atoms with Crippen molar-refractivity contribution in [2.45, 2.75) is 6.36 Å². The third-order valence-electron chi connectivity index (χ3n) is 2.94. The van der Waals surface area contributed by atoms with E-state index in [-0.39, 0.29) is 0 Å². The number of ether oxygens (including phenoxy) is 1. The van der Waals surface area contributed by atoms with Gasteiger partial charge in [0.1, 0.15) is 0 Å². The van der Waals surface area contributed by atoms with E-state index >= 15 is 0 Å². The van der Waals surface area contributed by atoms with Crippen LogP contribution in [0.5, 0.6) is 5.75 Å². The molecule has 3 nitrogen and oxygen atoms in total. The van der Waals surface area contributed by atoms with E-state index < -0.39 is 17.9 Å². The van der Waals surface area contributed by atoms with Gasteiger partial charge < -0.3 is 4.74 Å². The molecule has 112 valence electrons. The summed E-state index contributed by atoms with van der Waals surface area (Å²) in [4.78, 5) is 8.30. The van der Waals surface area contributed by atoms with Gasteiger partial charge in [0.25, 0.3) is 0 Å². The van der Waals surface area contributed by atoms with Crippen molar-refractivity contribution in [1.29, 1.82) is 0 Å². The van der Waals surface area contributed by atoms with Gasteiger partial charge in [0.15, 0.2) is 11.6 Å². The van der Waals surface area contributed by atoms with E-state index in [2.05, 4.69) is 14.7 Å². The van der Waals surface area contributed by atoms with Crippen molar-refractivity contribution < 1.29 is 22.3 Å². The Morgan fingerprint density at radius 3 is 2.55 bits per heavy atom. The molecule has 0 N–H and O–H groups in total. The van der Waals surface area contributed by atoms with Crippen molar-refractivity contribution in [3.05, 3.63) is 54.6 Å². The Morgan fingerprint density at radius 2 is 1.82 bits per heavy atom. The highest BCUT2D eigenvalue weighted by molar-refractivity contribution is 5.81. The molecule has 0 radical (unpaired) electrons. The average molecular weight is 308 g/mol. The summed E-state index contributed by atoms with van der Waals surface area (Å²) in [6.07, 6.45) is -1.77. The van der Waals surface area contributed by atoms with Crippen molar-refractivity contribution in [1.82, 2.24) is 9.97 Å². The number of pyridine rings is 2. The lowest BCUT2D eigenvalue weighted by atomic mass is 10.1. The largest absolute Gasteiger partial charge is 0.573 e. The van der Waals surface area contributed by atoms with Crippen LogP contribution in [0.15, 0.2) is 48.8 Å². The second-order valence-corrected chi connectivity index (χ2v) is 4.46. The minimum Gasteiger partial charge on any atom is -0.403 e. The van der Waals surface area contributed by atoms with Gasteiger partial charge in [0.2, 0.25) is 0 Å². The molecule has 0 saturated heterocycles. The van der Waals surface area contributed by atoms with E-state index in [9.17, 15) is 17.6 Å². The molecular formula is C15H8F4N2O. The van der Waals surface area contributed by atoms with Crippen LogP contribution in [0.25, 0.3) is 22.2 Å². The molecule has 0 atom stereocenters. The maximum atomic E-state index is 13.7. The maximum absolute atomic E-state index is 13.7. The molecule has 0 bridgehead atoms. The highest BCUT2D eigenvalue weighted by Gasteiger charge is 2.32. The van der Waals surface area contributed by atoms with Crippen molar-refractivity contribution in [2.24, 2.45) is 0 Å².